The van der Waals surface area contributed by atoms with Gasteiger partial charge in [0, 0.05) is 32.4 Å². The lowest BCUT2D eigenvalue weighted by Gasteiger charge is -2.28. The molecule has 1 saturated heterocycles. The summed E-state index contributed by atoms with van der Waals surface area (Å²) in [5.41, 5.74) is 1.65. The van der Waals surface area contributed by atoms with E-state index >= 15 is 0 Å². The summed E-state index contributed by atoms with van der Waals surface area (Å²) in [6.07, 6.45) is 5.33. The summed E-state index contributed by atoms with van der Waals surface area (Å²) in [5.74, 6) is -0.479. The van der Waals surface area contributed by atoms with Crippen LogP contribution in [0.5, 0.6) is 0 Å². The number of aryl methyl sites for hydroxylation is 2. The normalized spacial score (nSPS) is 19.1. The van der Waals surface area contributed by atoms with Gasteiger partial charge in [0.2, 0.25) is 10.0 Å². The van der Waals surface area contributed by atoms with Crippen LogP contribution in [0.1, 0.15) is 44.3 Å². The average Bonchev–Trinajstić information content (AvgIpc) is 3.12. The van der Waals surface area contributed by atoms with Crippen molar-refractivity contribution in [3.63, 3.8) is 0 Å². The SMILES string of the molecule is CCn1c(=O)oc2cc(S(=O)(=O)N3CCCCC[C@H]3c3ccn(C)n3)ccc21. The molecule has 4 rings (SSSR count). The fraction of sp³-hybridized carbons (Fsp3) is 0.474. The third-order valence-corrected chi connectivity index (χ3v) is 7.25. The van der Waals surface area contributed by atoms with Crippen molar-refractivity contribution in [1.82, 2.24) is 18.7 Å². The maximum absolute atomic E-state index is 13.5. The fourth-order valence-corrected chi connectivity index (χ4v) is 5.60. The zero-order chi connectivity index (χ0) is 19.9. The largest absolute Gasteiger partial charge is 0.419 e. The molecule has 1 aromatic carbocycles. The minimum absolute atomic E-state index is 0.139. The van der Waals surface area contributed by atoms with Crippen LogP contribution in [0.3, 0.4) is 0 Å². The first kappa shape index (κ1) is 18.9. The number of sulfonamides is 1. The second kappa shape index (κ2) is 7.21. The Bertz CT molecular complexity index is 1160. The van der Waals surface area contributed by atoms with Gasteiger partial charge in [-0.2, -0.15) is 9.40 Å². The van der Waals surface area contributed by atoms with Crippen LogP contribution < -0.4 is 5.76 Å². The van der Waals surface area contributed by atoms with Gasteiger partial charge in [0.25, 0.3) is 0 Å². The van der Waals surface area contributed by atoms with Crippen LogP contribution >= 0.6 is 0 Å². The Balaban J connectivity index is 1.78. The van der Waals surface area contributed by atoms with Gasteiger partial charge in [-0.3, -0.25) is 9.25 Å². The molecule has 1 fully saturated rings. The van der Waals surface area contributed by atoms with E-state index in [1.807, 2.05) is 26.2 Å². The number of benzene rings is 1. The third-order valence-electron chi connectivity index (χ3n) is 5.34. The van der Waals surface area contributed by atoms with E-state index in [0.29, 0.717) is 18.6 Å². The van der Waals surface area contributed by atoms with E-state index in [2.05, 4.69) is 5.10 Å². The van der Waals surface area contributed by atoms with E-state index in [9.17, 15) is 13.2 Å². The van der Waals surface area contributed by atoms with Gasteiger partial charge < -0.3 is 4.42 Å². The number of nitrogens with zero attached hydrogens (tertiary/aromatic N) is 4. The molecule has 3 heterocycles. The zero-order valence-electron chi connectivity index (χ0n) is 16.0. The second-order valence-corrected chi connectivity index (χ2v) is 9.03. The van der Waals surface area contributed by atoms with Crippen LogP contribution in [0.25, 0.3) is 11.1 Å². The van der Waals surface area contributed by atoms with Crippen LogP contribution in [0.2, 0.25) is 0 Å². The van der Waals surface area contributed by atoms with Crippen LogP contribution in [-0.2, 0) is 23.6 Å². The van der Waals surface area contributed by atoms with Crippen molar-refractivity contribution in [3.8, 4) is 0 Å². The van der Waals surface area contributed by atoms with Gasteiger partial charge in [0.05, 0.1) is 22.1 Å². The molecule has 0 radical (unpaired) electrons. The molecule has 0 amide bonds. The summed E-state index contributed by atoms with van der Waals surface area (Å²) >= 11 is 0. The molecule has 150 valence electrons. The summed E-state index contributed by atoms with van der Waals surface area (Å²) in [7, 11) is -1.94. The fourth-order valence-electron chi connectivity index (χ4n) is 3.92. The monoisotopic (exact) mass is 404 g/mol. The van der Waals surface area contributed by atoms with E-state index < -0.39 is 15.8 Å². The predicted octanol–water partition coefficient (Wildman–Crippen LogP) is 2.65. The summed E-state index contributed by atoms with van der Waals surface area (Å²) in [4.78, 5) is 12.1. The smallest absolute Gasteiger partial charge is 0.408 e. The van der Waals surface area contributed by atoms with Crippen molar-refractivity contribution < 1.29 is 12.8 Å². The molecule has 8 nitrogen and oxygen atoms in total. The summed E-state index contributed by atoms with van der Waals surface area (Å²) in [5, 5.41) is 4.46. The zero-order valence-corrected chi connectivity index (χ0v) is 16.9. The maximum Gasteiger partial charge on any atom is 0.419 e. The van der Waals surface area contributed by atoms with Crippen LogP contribution in [-0.4, -0.2) is 33.6 Å². The number of rotatable bonds is 4. The number of hydrogen-bond acceptors (Lipinski definition) is 5. The van der Waals surface area contributed by atoms with E-state index in [4.69, 9.17) is 4.42 Å². The quantitative estimate of drug-likeness (QED) is 0.667. The Morgan fingerprint density at radius 1 is 1.21 bits per heavy atom. The van der Waals surface area contributed by atoms with Gasteiger partial charge in [0.1, 0.15) is 0 Å². The molecule has 0 unspecified atom stereocenters. The Morgan fingerprint density at radius 3 is 2.75 bits per heavy atom. The molecule has 0 N–H and O–H groups in total. The van der Waals surface area contributed by atoms with Crippen molar-refractivity contribution in [2.24, 2.45) is 7.05 Å². The van der Waals surface area contributed by atoms with Crippen molar-refractivity contribution in [2.75, 3.05) is 6.54 Å². The lowest BCUT2D eigenvalue weighted by molar-refractivity contribution is 0.321. The minimum Gasteiger partial charge on any atom is -0.408 e. The lowest BCUT2D eigenvalue weighted by atomic mass is 10.1. The molecule has 1 aliphatic heterocycles. The highest BCUT2D eigenvalue weighted by Gasteiger charge is 2.35. The van der Waals surface area contributed by atoms with Crippen LogP contribution in [0, 0.1) is 0 Å². The Hall–Kier alpha value is -2.39. The molecule has 0 spiro atoms. The first-order valence-corrected chi connectivity index (χ1v) is 11.0. The number of hydrogen-bond donors (Lipinski definition) is 0. The van der Waals surface area contributed by atoms with Gasteiger partial charge in [-0.15, -0.1) is 0 Å². The minimum atomic E-state index is -3.76. The summed E-state index contributed by atoms with van der Waals surface area (Å²) in [6.45, 7) is 2.75. The van der Waals surface area contributed by atoms with Crippen molar-refractivity contribution in [3.05, 3.63) is 46.7 Å². The van der Waals surface area contributed by atoms with E-state index in [-0.39, 0.29) is 16.5 Å². The van der Waals surface area contributed by atoms with Gasteiger partial charge in [0.15, 0.2) is 5.58 Å². The van der Waals surface area contributed by atoms with Gasteiger partial charge in [-0.25, -0.2) is 13.2 Å². The van der Waals surface area contributed by atoms with Crippen molar-refractivity contribution >= 4 is 21.1 Å². The molecule has 1 atom stereocenters. The average molecular weight is 404 g/mol. The molecule has 28 heavy (non-hydrogen) atoms. The molecule has 0 saturated carbocycles. The van der Waals surface area contributed by atoms with E-state index in [0.717, 1.165) is 31.4 Å². The Labute approximate surface area is 163 Å². The molecule has 2 aromatic heterocycles. The standard InChI is InChI=1S/C19H24N4O4S/c1-3-22-17-9-8-14(13-18(17)27-19(22)24)28(25,26)23-11-6-4-5-7-16(23)15-10-12-21(2)20-15/h8-10,12-13,16H,3-7,11H2,1-2H3/t16-/m0/s1. The lowest BCUT2D eigenvalue weighted by Crippen LogP contribution is -2.35. The molecule has 1 aliphatic rings. The first-order valence-electron chi connectivity index (χ1n) is 9.56. The van der Waals surface area contributed by atoms with Crippen LogP contribution in [0.15, 0.2) is 44.6 Å². The maximum atomic E-state index is 13.5. The summed E-state index contributed by atoms with van der Waals surface area (Å²) in [6, 6.07) is 6.24. The molecule has 0 aliphatic carbocycles. The first-order chi connectivity index (χ1) is 13.4. The van der Waals surface area contributed by atoms with Gasteiger partial charge >= 0.3 is 5.76 Å². The number of aromatic nitrogens is 3. The highest BCUT2D eigenvalue weighted by atomic mass is 32.2. The molecule has 0 bridgehead atoms. The topological polar surface area (TPSA) is 90.3 Å². The predicted molar refractivity (Wildman–Crippen MR) is 104 cm³/mol. The highest BCUT2D eigenvalue weighted by molar-refractivity contribution is 7.89. The van der Waals surface area contributed by atoms with Gasteiger partial charge in [-0.1, -0.05) is 12.8 Å². The molecular formula is C19H24N4O4S. The van der Waals surface area contributed by atoms with Crippen molar-refractivity contribution in [2.45, 2.75) is 50.1 Å². The molecule has 3 aromatic rings. The molecular weight excluding hydrogens is 380 g/mol. The molecule has 9 heteroatoms. The number of fused-ring (bicyclic) bond motifs is 1. The van der Waals surface area contributed by atoms with E-state index in [1.54, 1.807) is 21.1 Å². The van der Waals surface area contributed by atoms with E-state index in [1.165, 1.54) is 10.6 Å². The highest BCUT2D eigenvalue weighted by Crippen LogP contribution is 2.34. The summed E-state index contributed by atoms with van der Waals surface area (Å²) < 4.78 is 37.0. The van der Waals surface area contributed by atoms with Gasteiger partial charge in [-0.05, 0) is 38.0 Å². The van der Waals surface area contributed by atoms with Crippen LogP contribution in [0.4, 0.5) is 0 Å². The second-order valence-electron chi connectivity index (χ2n) is 7.14. The number of oxazole rings is 1. The Kier molecular flexibility index (Phi) is 4.88. The van der Waals surface area contributed by atoms with Crippen molar-refractivity contribution in [1.29, 1.82) is 0 Å². The Morgan fingerprint density at radius 2 is 2.04 bits per heavy atom. The third kappa shape index (κ3) is 3.18.